The number of ether oxygens (including phenoxy) is 1. The van der Waals surface area contributed by atoms with Crippen molar-refractivity contribution < 1.29 is 23.6 Å². The predicted molar refractivity (Wildman–Crippen MR) is 88.4 cm³/mol. The summed E-state index contributed by atoms with van der Waals surface area (Å²) in [6.07, 6.45) is 2.39. The Bertz CT molecular complexity index is 691. The minimum atomic E-state index is -0.728. The van der Waals surface area contributed by atoms with Crippen molar-refractivity contribution in [3.63, 3.8) is 0 Å². The first-order valence-corrected chi connectivity index (χ1v) is 8.43. The average Bonchev–Trinajstić information content (AvgIpc) is 3.09. The zero-order chi connectivity index (χ0) is 17.8. The van der Waals surface area contributed by atoms with Crippen LogP contribution in [-0.4, -0.2) is 48.3 Å². The first-order valence-electron chi connectivity index (χ1n) is 8.43. The van der Waals surface area contributed by atoms with Gasteiger partial charge in [0.25, 0.3) is 5.91 Å². The lowest BCUT2D eigenvalue weighted by Gasteiger charge is -2.34. The maximum absolute atomic E-state index is 13.3. The molecule has 1 amide bonds. The molecule has 1 aromatic carbocycles. The topological polar surface area (TPSA) is 68.2 Å². The van der Waals surface area contributed by atoms with Gasteiger partial charge in [0.2, 0.25) is 6.10 Å². The number of hydrogen-bond donors (Lipinski definition) is 0. The summed E-state index contributed by atoms with van der Waals surface area (Å²) in [6, 6.07) is 5.71. The molecule has 1 aromatic rings. The third-order valence-corrected chi connectivity index (χ3v) is 4.56. The number of amides is 1. The van der Waals surface area contributed by atoms with Crippen LogP contribution in [0.25, 0.3) is 0 Å². The summed E-state index contributed by atoms with van der Waals surface area (Å²) in [4.78, 5) is 31.5. The van der Waals surface area contributed by atoms with E-state index in [-0.39, 0.29) is 11.7 Å². The molecule has 1 saturated heterocycles. The lowest BCUT2D eigenvalue weighted by molar-refractivity contribution is -0.159. The number of likely N-dealkylation sites (tertiary alicyclic amines) is 1. The molecule has 0 radical (unpaired) electrons. The van der Waals surface area contributed by atoms with E-state index in [0.29, 0.717) is 31.5 Å². The van der Waals surface area contributed by atoms with Gasteiger partial charge in [-0.25, -0.2) is 9.18 Å². The van der Waals surface area contributed by atoms with Crippen LogP contribution in [-0.2, 0) is 25.6 Å². The molecule has 2 aliphatic heterocycles. The summed E-state index contributed by atoms with van der Waals surface area (Å²) in [7, 11) is 1.33. The van der Waals surface area contributed by atoms with E-state index in [2.05, 4.69) is 5.16 Å². The third-order valence-electron chi connectivity index (χ3n) is 4.56. The molecule has 6 nitrogen and oxygen atoms in total. The molecule has 0 spiro atoms. The average molecular weight is 348 g/mol. The monoisotopic (exact) mass is 348 g/mol. The van der Waals surface area contributed by atoms with Crippen LogP contribution in [0.15, 0.2) is 29.4 Å². The number of methoxy groups -OCH3 is 1. The number of piperidine rings is 1. The molecule has 0 aromatic heterocycles. The fraction of sp³-hybridized carbons (Fsp3) is 0.500. The van der Waals surface area contributed by atoms with Gasteiger partial charge >= 0.3 is 5.97 Å². The second kappa shape index (κ2) is 7.63. The van der Waals surface area contributed by atoms with Gasteiger partial charge in [0.05, 0.1) is 12.8 Å². The SMILES string of the molecule is COC(=O)[C@H]1CCCCN1C(=O)[C@@H]1CC(Cc2cccc(F)c2)=NO1. The molecule has 25 heavy (non-hydrogen) atoms. The molecule has 0 unspecified atom stereocenters. The van der Waals surface area contributed by atoms with E-state index in [1.165, 1.54) is 19.2 Å². The summed E-state index contributed by atoms with van der Waals surface area (Å²) >= 11 is 0. The molecule has 2 atom stereocenters. The number of rotatable bonds is 4. The molecule has 0 saturated carbocycles. The highest BCUT2D eigenvalue weighted by atomic mass is 19.1. The van der Waals surface area contributed by atoms with Gasteiger partial charge in [-0.15, -0.1) is 0 Å². The van der Waals surface area contributed by atoms with E-state index >= 15 is 0 Å². The number of halogens is 1. The first kappa shape index (κ1) is 17.4. The van der Waals surface area contributed by atoms with Gasteiger partial charge < -0.3 is 14.5 Å². The predicted octanol–water partition coefficient (Wildman–Crippen LogP) is 2.07. The number of esters is 1. The third kappa shape index (κ3) is 3.97. The van der Waals surface area contributed by atoms with Crippen LogP contribution in [0.5, 0.6) is 0 Å². The maximum Gasteiger partial charge on any atom is 0.328 e. The Hall–Kier alpha value is -2.44. The van der Waals surface area contributed by atoms with Crippen molar-refractivity contribution in [3.05, 3.63) is 35.6 Å². The van der Waals surface area contributed by atoms with Crippen molar-refractivity contribution in [1.29, 1.82) is 0 Å². The highest BCUT2D eigenvalue weighted by Crippen LogP contribution is 2.23. The Morgan fingerprint density at radius 2 is 2.24 bits per heavy atom. The van der Waals surface area contributed by atoms with Crippen molar-refractivity contribution >= 4 is 17.6 Å². The van der Waals surface area contributed by atoms with Crippen molar-refractivity contribution in [2.45, 2.75) is 44.2 Å². The Morgan fingerprint density at radius 3 is 3.00 bits per heavy atom. The zero-order valence-electron chi connectivity index (χ0n) is 14.1. The second-order valence-electron chi connectivity index (χ2n) is 6.33. The Kier molecular flexibility index (Phi) is 5.31. The van der Waals surface area contributed by atoms with E-state index in [1.54, 1.807) is 17.0 Å². The second-order valence-corrected chi connectivity index (χ2v) is 6.33. The number of oxime groups is 1. The summed E-state index contributed by atoms with van der Waals surface area (Å²) in [5, 5.41) is 3.98. The van der Waals surface area contributed by atoms with Gasteiger partial charge in [0.15, 0.2) is 0 Å². The van der Waals surface area contributed by atoms with E-state index in [4.69, 9.17) is 9.57 Å². The molecular formula is C18H21FN2O4. The molecular weight excluding hydrogens is 327 g/mol. The summed E-state index contributed by atoms with van der Waals surface area (Å²) in [5.74, 6) is -0.945. The lowest BCUT2D eigenvalue weighted by Crippen LogP contribution is -2.51. The normalized spacial score (nSPS) is 23.0. The van der Waals surface area contributed by atoms with Crippen LogP contribution >= 0.6 is 0 Å². The van der Waals surface area contributed by atoms with Crippen molar-refractivity contribution in [2.75, 3.05) is 13.7 Å². The van der Waals surface area contributed by atoms with E-state index in [1.807, 2.05) is 0 Å². The fourth-order valence-corrected chi connectivity index (χ4v) is 3.31. The Morgan fingerprint density at radius 1 is 1.40 bits per heavy atom. The quantitative estimate of drug-likeness (QED) is 0.781. The molecule has 0 bridgehead atoms. The van der Waals surface area contributed by atoms with Crippen molar-refractivity contribution in [2.24, 2.45) is 5.16 Å². The smallest absolute Gasteiger partial charge is 0.328 e. The van der Waals surface area contributed by atoms with Gasteiger partial charge in [0, 0.05) is 19.4 Å². The van der Waals surface area contributed by atoms with Gasteiger partial charge in [-0.2, -0.15) is 0 Å². The minimum absolute atomic E-state index is 0.243. The van der Waals surface area contributed by atoms with Gasteiger partial charge in [-0.3, -0.25) is 4.79 Å². The zero-order valence-corrected chi connectivity index (χ0v) is 14.1. The van der Waals surface area contributed by atoms with Gasteiger partial charge in [0.1, 0.15) is 11.9 Å². The van der Waals surface area contributed by atoms with Crippen LogP contribution < -0.4 is 0 Å². The standard InChI is InChI=1S/C18H21FN2O4/c1-24-18(23)15-7-2-3-8-21(15)17(22)16-11-14(20-25-16)10-12-5-4-6-13(19)9-12/h4-6,9,15-16H,2-3,7-8,10-11H2,1H3/t15-,16+/m1/s1. The number of nitrogens with zero attached hydrogens (tertiary/aromatic N) is 2. The number of hydrogen-bond acceptors (Lipinski definition) is 5. The number of benzene rings is 1. The fourth-order valence-electron chi connectivity index (χ4n) is 3.31. The molecule has 1 fully saturated rings. The molecule has 134 valence electrons. The number of carbonyl (C=O) groups excluding carboxylic acids is 2. The van der Waals surface area contributed by atoms with Crippen molar-refractivity contribution in [1.82, 2.24) is 4.90 Å². The molecule has 2 aliphatic rings. The van der Waals surface area contributed by atoms with Gasteiger partial charge in [-0.1, -0.05) is 17.3 Å². The Labute approximate surface area is 145 Å². The largest absolute Gasteiger partial charge is 0.467 e. The molecule has 3 rings (SSSR count). The van der Waals surface area contributed by atoms with E-state index in [0.717, 1.165) is 18.4 Å². The molecule has 0 aliphatic carbocycles. The van der Waals surface area contributed by atoms with E-state index in [9.17, 15) is 14.0 Å². The Balaban J connectivity index is 1.61. The van der Waals surface area contributed by atoms with Crippen molar-refractivity contribution in [3.8, 4) is 0 Å². The van der Waals surface area contributed by atoms with Crippen LogP contribution in [0.2, 0.25) is 0 Å². The van der Waals surface area contributed by atoms with Crippen LogP contribution in [0, 0.1) is 5.82 Å². The molecule has 2 heterocycles. The molecule has 7 heteroatoms. The minimum Gasteiger partial charge on any atom is -0.467 e. The highest BCUT2D eigenvalue weighted by molar-refractivity contribution is 5.95. The number of carbonyl (C=O) groups is 2. The summed E-state index contributed by atoms with van der Waals surface area (Å²) in [6.45, 7) is 0.512. The van der Waals surface area contributed by atoms with Crippen LogP contribution in [0.4, 0.5) is 4.39 Å². The summed E-state index contributed by atoms with van der Waals surface area (Å²) in [5.41, 5.74) is 1.47. The van der Waals surface area contributed by atoms with Gasteiger partial charge in [-0.05, 0) is 37.0 Å². The first-order chi connectivity index (χ1) is 12.1. The van der Waals surface area contributed by atoms with Crippen LogP contribution in [0.3, 0.4) is 0 Å². The maximum atomic E-state index is 13.3. The lowest BCUT2D eigenvalue weighted by atomic mass is 9.99. The highest BCUT2D eigenvalue weighted by Gasteiger charge is 2.39. The van der Waals surface area contributed by atoms with E-state index < -0.39 is 18.1 Å². The summed E-state index contributed by atoms with van der Waals surface area (Å²) < 4.78 is 18.1. The van der Waals surface area contributed by atoms with Crippen LogP contribution in [0.1, 0.15) is 31.2 Å². The molecule has 0 N–H and O–H groups in total.